The van der Waals surface area contributed by atoms with Crippen molar-refractivity contribution in [1.82, 2.24) is 0 Å². The molecule has 0 bridgehead atoms. The van der Waals surface area contributed by atoms with Crippen LogP contribution in [0, 0.1) is 16.7 Å². The van der Waals surface area contributed by atoms with Gasteiger partial charge in [0.25, 0.3) is 0 Å². The fourth-order valence-corrected chi connectivity index (χ4v) is 1.81. The predicted octanol–water partition coefficient (Wildman–Crippen LogP) is 2.34. The summed E-state index contributed by atoms with van der Waals surface area (Å²) in [7, 11) is 0. The third-order valence-electron chi connectivity index (χ3n) is 3.00. The smallest absolute Gasteiger partial charge is 0.247 e. The molecule has 0 unspecified atom stereocenters. The summed E-state index contributed by atoms with van der Waals surface area (Å²) in [5.74, 6) is -0.0521. The maximum atomic E-state index is 12.2. The number of nitriles is 1. The summed E-state index contributed by atoms with van der Waals surface area (Å²) in [5.41, 5.74) is 0.141. The first-order chi connectivity index (χ1) is 7.73. The zero-order valence-corrected chi connectivity index (χ0v) is 9.31. The number of para-hydroxylation sites is 1. The minimum Gasteiger partial charge on any atom is -0.311 e. The van der Waals surface area contributed by atoms with Gasteiger partial charge in [-0.05, 0) is 31.9 Å². The van der Waals surface area contributed by atoms with Crippen molar-refractivity contribution in [2.24, 2.45) is 5.41 Å². The molecule has 82 valence electrons. The number of carbonyl (C=O) groups is 1. The van der Waals surface area contributed by atoms with Crippen LogP contribution >= 0.6 is 0 Å². The molecule has 0 heterocycles. The van der Waals surface area contributed by atoms with Crippen LogP contribution in [0.25, 0.3) is 0 Å². The molecule has 0 N–H and O–H groups in total. The van der Waals surface area contributed by atoms with E-state index in [2.05, 4.69) is 6.07 Å². The van der Waals surface area contributed by atoms with Crippen LogP contribution in [0.5, 0.6) is 0 Å². The van der Waals surface area contributed by atoms with E-state index in [1.165, 1.54) is 0 Å². The Balaban J connectivity index is 2.25. The van der Waals surface area contributed by atoms with E-state index in [0.717, 1.165) is 5.69 Å². The fraction of sp³-hybridized carbons (Fsp3) is 0.385. The van der Waals surface area contributed by atoms with E-state index in [4.69, 9.17) is 5.26 Å². The molecular formula is C13H14N2O. The number of hydrogen-bond acceptors (Lipinski definition) is 2. The summed E-state index contributed by atoms with van der Waals surface area (Å²) in [5, 5.41) is 9.02. The summed E-state index contributed by atoms with van der Waals surface area (Å²) < 4.78 is 0. The molecule has 3 heteroatoms. The van der Waals surface area contributed by atoms with Crippen molar-refractivity contribution >= 4 is 11.6 Å². The lowest BCUT2D eigenvalue weighted by Gasteiger charge is -2.23. The maximum absolute atomic E-state index is 12.2. The third kappa shape index (κ3) is 1.67. The molecule has 1 aromatic carbocycles. The zero-order valence-electron chi connectivity index (χ0n) is 9.31. The Morgan fingerprint density at radius 3 is 2.50 bits per heavy atom. The minimum atomic E-state index is -0.730. The highest BCUT2D eigenvalue weighted by atomic mass is 16.2. The second-order valence-corrected chi connectivity index (χ2v) is 4.08. The fourth-order valence-electron chi connectivity index (χ4n) is 1.81. The monoisotopic (exact) mass is 214 g/mol. The summed E-state index contributed by atoms with van der Waals surface area (Å²) in [6, 6.07) is 11.7. The van der Waals surface area contributed by atoms with Crippen LogP contribution in [0.4, 0.5) is 5.69 Å². The summed E-state index contributed by atoms with van der Waals surface area (Å²) in [6.45, 7) is 2.53. The van der Waals surface area contributed by atoms with Gasteiger partial charge < -0.3 is 4.90 Å². The van der Waals surface area contributed by atoms with Gasteiger partial charge in [-0.15, -0.1) is 0 Å². The van der Waals surface area contributed by atoms with Crippen molar-refractivity contribution in [1.29, 1.82) is 5.26 Å². The van der Waals surface area contributed by atoms with Crippen LogP contribution in [-0.4, -0.2) is 12.5 Å². The van der Waals surface area contributed by atoms with Crippen molar-refractivity contribution < 1.29 is 4.79 Å². The highest BCUT2D eigenvalue weighted by Gasteiger charge is 2.52. The van der Waals surface area contributed by atoms with Crippen LogP contribution in [0.15, 0.2) is 30.3 Å². The molecule has 0 aliphatic heterocycles. The lowest BCUT2D eigenvalue weighted by atomic mass is 10.1. The molecule has 3 nitrogen and oxygen atoms in total. The SMILES string of the molecule is CCN(C(=O)C1(C#N)CC1)c1ccccc1. The molecule has 0 spiro atoms. The first kappa shape index (κ1) is 10.7. The minimum absolute atomic E-state index is 0.0521. The number of anilines is 1. The average molecular weight is 214 g/mol. The largest absolute Gasteiger partial charge is 0.311 e. The van der Waals surface area contributed by atoms with E-state index in [1.807, 2.05) is 37.3 Å². The topological polar surface area (TPSA) is 44.1 Å². The Labute approximate surface area is 95.3 Å². The molecule has 0 saturated heterocycles. The van der Waals surface area contributed by atoms with Crippen molar-refractivity contribution in [3.8, 4) is 6.07 Å². The van der Waals surface area contributed by atoms with Gasteiger partial charge in [0, 0.05) is 12.2 Å². The van der Waals surface area contributed by atoms with E-state index < -0.39 is 5.41 Å². The lowest BCUT2D eigenvalue weighted by Crippen LogP contribution is -2.36. The maximum Gasteiger partial charge on any atom is 0.247 e. The van der Waals surface area contributed by atoms with Crippen LogP contribution in [0.1, 0.15) is 19.8 Å². The molecule has 1 aromatic rings. The van der Waals surface area contributed by atoms with Gasteiger partial charge in [0.05, 0.1) is 6.07 Å². The summed E-state index contributed by atoms with van der Waals surface area (Å²) in [6.07, 6.45) is 1.40. The van der Waals surface area contributed by atoms with E-state index in [9.17, 15) is 4.79 Å². The lowest BCUT2D eigenvalue weighted by molar-refractivity contribution is -0.121. The number of amides is 1. The van der Waals surface area contributed by atoms with Gasteiger partial charge in [-0.2, -0.15) is 5.26 Å². The number of hydrogen-bond donors (Lipinski definition) is 0. The molecule has 1 fully saturated rings. The van der Waals surface area contributed by atoms with Crippen molar-refractivity contribution in [3.63, 3.8) is 0 Å². The highest BCUT2D eigenvalue weighted by molar-refractivity contribution is 6.01. The Bertz CT molecular complexity index is 429. The second kappa shape index (κ2) is 3.97. The first-order valence-corrected chi connectivity index (χ1v) is 5.52. The van der Waals surface area contributed by atoms with Crippen LogP contribution in [0.3, 0.4) is 0 Å². The van der Waals surface area contributed by atoms with Crippen molar-refractivity contribution in [2.75, 3.05) is 11.4 Å². The second-order valence-electron chi connectivity index (χ2n) is 4.08. The van der Waals surface area contributed by atoms with Gasteiger partial charge in [0.15, 0.2) is 0 Å². The number of nitrogens with zero attached hydrogens (tertiary/aromatic N) is 2. The zero-order chi connectivity index (χ0) is 11.6. The molecule has 0 aromatic heterocycles. The van der Waals surface area contributed by atoms with E-state index >= 15 is 0 Å². The molecule has 1 aliphatic rings. The van der Waals surface area contributed by atoms with Gasteiger partial charge in [-0.1, -0.05) is 18.2 Å². The average Bonchev–Trinajstić information content (AvgIpc) is 3.12. The van der Waals surface area contributed by atoms with Crippen molar-refractivity contribution in [2.45, 2.75) is 19.8 Å². The molecule has 2 rings (SSSR count). The summed E-state index contributed by atoms with van der Waals surface area (Å²) in [4.78, 5) is 13.9. The van der Waals surface area contributed by atoms with Gasteiger partial charge in [0.2, 0.25) is 5.91 Å². The normalized spacial score (nSPS) is 16.2. The van der Waals surface area contributed by atoms with Crippen LogP contribution in [-0.2, 0) is 4.79 Å². The Hall–Kier alpha value is -1.82. The van der Waals surface area contributed by atoms with Gasteiger partial charge in [0.1, 0.15) is 5.41 Å². The molecule has 1 amide bonds. The number of carbonyl (C=O) groups excluding carboxylic acids is 1. The van der Waals surface area contributed by atoms with Gasteiger partial charge in [-0.3, -0.25) is 4.79 Å². The van der Waals surface area contributed by atoms with E-state index in [-0.39, 0.29) is 5.91 Å². The van der Waals surface area contributed by atoms with E-state index in [0.29, 0.717) is 19.4 Å². The molecule has 1 aliphatic carbocycles. The quantitative estimate of drug-likeness (QED) is 0.775. The highest BCUT2D eigenvalue weighted by Crippen LogP contribution is 2.47. The first-order valence-electron chi connectivity index (χ1n) is 5.52. The Morgan fingerprint density at radius 2 is 2.06 bits per heavy atom. The molecule has 16 heavy (non-hydrogen) atoms. The Morgan fingerprint density at radius 1 is 1.44 bits per heavy atom. The van der Waals surface area contributed by atoms with Gasteiger partial charge in [-0.25, -0.2) is 0 Å². The van der Waals surface area contributed by atoms with Crippen LogP contribution in [0.2, 0.25) is 0 Å². The van der Waals surface area contributed by atoms with Crippen LogP contribution < -0.4 is 4.90 Å². The molecule has 1 saturated carbocycles. The standard InChI is InChI=1S/C13H14N2O/c1-2-15(11-6-4-3-5-7-11)12(16)13(10-14)8-9-13/h3-7H,2,8-9H2,1H3. The van der Waals surface area contributed by atoms with E-state index in [1.54, 1.807) is 4.90 Å². The molecular weight excluding hydrogens is 200 g/mol. The number of rotatable bonds is 3. The predicted molar refractivity (Wildman–Crippen MR) is 61.7 cm³/mol. The summed E-state index contributed by atoms with van der Waals surface area (Å²) >= 11 is 0. The van der Waals surface area contributed by atoms with Gasteiger partial charge >= 0.3 is 0 Å². The molecule has 0 atom stereocenters. The Kier molecular flexibility index (Phi) is 2.66. The van der Waals surface area contributed by atoms with Crippen molar-refractivity contribution in [3.05, 3.63) is 30.3 Å². The third-order valence-corrected chi connectivity index (χ3v) is 3.00. The molecule has 0 radical (unpaired) electrons. The number of benzene rings is 1.